The molecule has 0 aliphatic carbocycles. The lowest BCUT2D eigenvalue weighted by molar-refractivity contribution is -0.144. The predicted molar refractivity (Wildman–Crippen MR) is 91.7 cm³/mol. The van der Waals surface area contributed by atoms with Gasteiger partial charge in [0.15, 0.2) is 6.61 Å². The van der Waals surface area contributed by atoms with E-state index < -0.39 is 11.8 Å². The number of anilines is 1. The van der Waals surface area contributed by atoms with Crippen LogP contribution in [0.3, 0.4) is 0 Å². The van der Waals surface area contributed by atoms with Gasteiger partial charge in [0.1, 0.15) is 23.9 Å². The first-order valence-corrected chi connectivity index (χ1v) is 8.08. The van der Waals surface area contributed by atoms with Crippen LogP contribution in [0.4, 0.5) is 10.1 Å². The Morgan fingerprint density at radius 3 is 2.88 bits per heavy atom. The van der Waals surface area contributed by atoms with Gasteiger partial charge >= 0.3 is 5.97 Å². The maximum atomic E-state index is 13.3. The first-order valence-electron chi connectivity index (χ1n) is 8.08. The number of hydrogen-bond acceptors (Lipinski definition) is 5. The monoisotopic (exact) mass is 359 g/mol. The second kappa shape index (κ2) is 7.86. The number of hydrogen-bond donors (Lipinski definition) is 0. The Bertz CT molecular complexity index is 823. The van der Waals surface area contributed by atoms with E-state index in [-0.39, 0.29) is 32.1 Å². The van der Waals surface area contributed by atoms with Crippen molar-refractivity contribution in [2.75, 3.05) is 25.2 Å². The molecule has 0 saturated carbocycles. The van der Waals surface area contributed by atoms with Crippen LogP contribution in [-0.2, 0) is 20.9 Å². The standard InChI is InChI=1S/C19H18FNO5/c1-24-16-7-6-14(20)10-13(16)11-26-19(23)8-9-21-15-4-2-3-5-17(15)25-12-18(21)22/h2-7,10H,8-9,11-12H2,1H3. The summed E-state index contributed by atoms with van der Waals surface area (Å²) >= 11 is 0. The number of carbonyl (C=O) groups is 2. The lowest BCUT2D eigenvalue weighted by atomic mass is 10.2. The van der Waals surface area contributed by atoms with Gasteiger partial charge in [-0.15, -0.1) is 0 Å². The van der Waals surface area contributed by atoms with Crippen molar-refractivity contribution >= 4 is 17.6 Å². The number of esters is 1. The molecule has 136 valence electrons. The molecule has 0 radical (unpaired) electrons. The molecule has 0 spiro atoms. The van der Waals surface area contributed by atoms with Crippen LogP contribution < -0.4 is 14.4 Å². The molecule has 2 aromatic rings. The van der Waals surface area contributed by atoms with E-state index in [0.29, 0.717) is 22.7 Å². The molecule has 6 nitrogen and oxygen atoms in total. The summed E-state index contributed by atoms with van der Waals surface area (Å²) in [7, 11) is 1.46. The van der Waals surface area contributed by atoms with E-state index in [0.717, 1.165) is 0 Å². The van der Waals surface area contributed by atoms with Crippen LogP contribution in [0.25, 0.3) is 0 Å². The molecule has 0 atom stereocenters. The first-order chi connectivity index (χ1) is 12.6. The summed E-state index contributed by atoms with van der Waals surface area (Å²) in [6, 6.07) is 11.1. The van der Waals surface area contributed by atoms with Crippen molar-refractivity contribution in [3.05, 3.63) is 53.8 Å². The van der Waals surface area contributed by atoms with E-state index in [9.17, 15) is 14.0 Å². The third-order valence-corrected chi connectivity index (χ3v) is 3.98. The second-order valence-corrected chi connectivity index (χ2v) is 5.67. The van der Waals surface area contributed by atoms with E-state index in [4.69, 9.17) is 14.2 Å². The van der Waals surface area contributed by atoms with Crippen LogP contribution in [0, 0.1) is 5.82 Å². The van der Waals surface area contributed by atoms with Gasteiger partial charge in [-0.1, -0.05) is 12.1 Å². The number of fused-ring (bicyclic) bond motifs is 1. The van der Waals surface area contributed by atoms with E-state index in [1.807, 2.05) is 6.07 Å². The molecule has 0 N–H and O–H groups in total. The van der Waals surface area contributed by atoms with Crippen molar-refractivity contribution in [3.63, 3.8) is 0 Å². The SMILES string of the molecule is COc1ccc(F)cc1COC(=O)CCN1C(=O)COc2ccccc21. The molecule has 0 fully saturated rings. The van der Waals surface area contributed by atoms with Gasteiger partial charge in [0.2, 0.25) is 0 Å². The molecule has 7 heteroatoms. The minimum absolute atomic E-state index is 0.0116. The van der Waals surface area contributed by atoms with Crippen molar-refractivity contribution in [3.8, 4) is 11.5 Å². The Labute approximate surface area is 150 Å². The molecule has 0 aromatic heterocycles. The largest absolute Gasteiger partial charge is 0.496 e. The third-order valence-electron chi connectivity index (χ3n) is 3.98. The van der Waals surface area contributed by atoms with Crippen molar-refractivity contribution in [2.45, 2.75) is 13.0 Å². The Balaban J connectivity index is 1.58. The predicted octanol–water partition coefficient (Wildman–Crippen LogP) is 2.69. The van der Waals surface area contributed by atoms with Crippen LogP contribution in [0.15, 0.2) is 42.5 Å². The summed E-state index contributed by atoms with van der Waals surface area (Å²) in [5, 5.41) is 0. The molecule has 1 heterocycles. The Morgan fingerprint density at radius 2 is 2.08 bits per heavy atom. The third kappa shape index (κ3) is 3.93. The van der Waals surface area contributed by atoms with Gasteiger partial charge < -0.3 is 19.1 Å². The number of amides is 1. The second-order valence-electron chi connectivity index (χ2n) is 5.67. The number of carbonyl (C=O) groups excluding carboxylic acids is 2. The van der Waals surface area contributed by atoms with Gasteiger partial charge in [0, 0.05) is 12.1 Å². The molecule has 3 rings (SSSR count). The maximum absolute atomic E-state index is 13.3. The van der Waals surface area contributed by atoms with Gasteiger partial charge in [-0.3, -0.25) is 9.59 Å². The number of para-hydroxylation sites is 2. The number of methoxy groups -OCH3 is 1. The molecule has 2 aromatic carbocycles. The average Bonchev–Trinajstić information content (AvgIpc) is 2.65. The van der Waals surface area contributed by atoms with Gasteiger partial charge in [-0.25, -0.2) is 4.39 Å². The van der Waals surface area contributed by atoms with Crippen LogP contribution in [0.5, 0.6) is 11.5 Å². The van der Waals surface area contributed by atoms with Crippen molar-refractivity contribution in [2.24, 2.45) is 0 Å². The van der Waals surface area contributed by atoms with E-state index in [2.05, 4.69) is 0 Å². The average molecular weight is 359 g/mol. The summed E-state index contributed by atoms with van der Waals surface area (Å²) in [4.78, 5) is 25.6. The number of benzene rings is 2. The van der Waals surface area contributed by atoms with Gasteiger partial charge in [-0.05, 0) is 30.3 Å². The zero-order valence-corrected chi connectivity index (χ0v) is 14.2. The lowest BCUT2D eigenvalue weighted by Gasteiger charge is -2.28. The van der Waals surface area contributed by atoms with E-state index >= 15 is 0 Å². The highest BCUT2D eigenvalue weighted by Gasteiger charge is 2.25. The van der Waals surface area contributed by atoms with Crippen molar-refractivity contribution in [1.82, 2.24) is 0 Å². The van der Waals surface area contributed by atoms with E-state index in [1.54, 1.807) is 18.2 Å². The Morgan fingerprint density at radius 1 is 1.27 bits per heavy atom. The smallest absolute Gasteiger partial charge is 0.307 e. The molecule has 1 aliphatic rings. The van der Waals surface area contributed by atoms with Crippen molar-refractivity contribution < 1.29 is 28.2 Å². The van der Waals surface area contributed by atoms with Crippen LogP contribution in [0.1, 0.15) is 12.0 Å². The Hall–Kier alpha value is -3.09. The normalized spacial score (nSPS) is 13.0. The molecular weight excluding hydrogens is 341 g/mol. The van der Waals surface area contributed by atoms with Crippen LogP contribution >= 0.6 is 0 Å². The quantitative estimate of drug-likeness (QED) is 0.742. The lowest BCUT2D eigenvalue weighted by Crippen LogP contribution is -2.40. The highest BCUT2D eigenvalue weighted by molar-refractivity contribution is 5.98. The zero-order chi connectivity index (χ0) is 18.5. The molecule has 1 aliphatic heterocycles. The fourth-order valence-electron chi connectivity index (χ4n) is 2.69. The highest BCUT2D eigenvalue weighted by Crippen LogP contribution is 2.31. The van der Waals surface area contributed by atoms with Crippen molar-refractivity contribution in [1.29, 1.82) is 0 Å². The zero-order valence-electron chi connectivity index (χ0n) is 14.2. The molecule has 0 saturated heterocycles. The summed E-state index contributed by atoms with van der Waals surface area (Å²) in [6.45, 7) is 0.0122. The minimum atomic E-state index is -0.493. The van der Waals surface area contributed by atoms with E-state index in [1.165, 1.54) is 30.2 Å². The highest BCUT2D eigenvalue weighted by atomic mass is 19.1. The van der Waals surface area contributed by atoms with Gasteiger partial charge in [0.05, 0.1) is 19.2 Å². The minimum Gasteiger partial charge on any atom is -0.496 e. The van der Waals surface area contributed by atoms with Gasteiger partial charge in [-0.2, -0.15) is 0 Å². The first kappa shape index (κ1) is 17.7. The fourth-order valence-corrected chi connectivity index (χ4v) is 2.69. The number of halogens is 1. The topological polar surface area (TPSA) is 65.1 Å². The van der Waals surface area contributed by atoms with Crippen LogP contribution in [-0.4, -0.2) is 32.1 Å². The summed E-state index contributed by atoms with van der Waals surface area (Å²) in [5.74, 6) is -0.106. The van der Waals surface area contributed by atoms with Gasteiger partial charge in [0.25, 0.3) is 5.91 Å². The molecular formula is C19H18FNO5. The number of nitrogens with zero attached hydrogens (tertiary/aromatic N) is 1. The molecule has 0 unspecified atom stereocenters. The number of rotatable bonds is 6. The molecule has 1 amide bonds. The van der Waals surface area contributed by atoms with Crippen LogP contribution in [0.2, 0.25) is 0 Å². The summed E-state index contributed by atoms with van der Waals surface area (Å²) in [6.07, 6.45) is 0.0116. The molecule has 26 heavy (non-hydrogen) atoms. The Kier molecular flexibility index (Phi) is 5.36. The maximum Gasteiger partial charge on any atom is 0.307 e. The number of ether oxygens (including phenoxy) is 3. The summed E-state index contributed by atoms with van der Waals surface area (Å²) < 4.78 is 29.0. The summed E-state index contributed by atoms with van der Waals surface area (Å²) in [5.41, 5.74) is 1.07. The molecule has 0 bridgehead atoms. The fraction of sp³-hybridized carbons (Fsp3) is 0.263.